The Balaban J connectivity index is 1.57. The Morgan fingerprint density at radius 3 is 2.17 bits per heavy atom. The molecule has 0 unspecified atom stereocenters. The molecule has 1 aromatic rings. The highest BCUT2D eigenvalue weighted by molar-refractivity contribution is 7.80. The van der Waals surface area contributed by atoms with E-state index in [1.807, 2.05) is 34.1 Å². The van der Waals surface area contributed by atoms with Crippen LogP contribution >= 0.6 is 12.6 Å². The number of amides is 2. The van der Waals surface area contributed by atoms with Crippen LogP contribution in [0.15, 0.2) is 29.2 Å². The largest absolute Gasteiger partial charge is 0.339 e. The Morgan fingerprint density at radius 2 is 1.52 bits per heavy atom. The topological polar surface area (TPSA) is 40.6 Å². The third kappa shape index (κ3) is 3.71. The van der Waals surface area contributed by atoms with E-state index >= 15 is 0 Å². The van der Waals surface area contributed by atoms with Crippen molar-refractivity contribution in [3.05, 3.63) is 29.8 Å². The summed E-state index contributed by atoms with van der Waals surface area (Å²) < 4.78 is 0. The van der Waals surface area contributed by atoms with Crippen molar-refractivity contribution in [3.8, 4) is 0 Å². The van der Waals surface area contributed by atoms with E-state index in [0.29, 0.717) is 42.5 Å². The standard InChI is InChI=1S/C18H24N2O2S/c21-17(14-6-2-1-3-7-14)19-10-12-20(13-11-19)18(22)15-8-4-5-9-16(15)23/h4-5,8-9,14,23H,1-3,6-7,10-13H2. The maximum absolute atomic E-state index is 12.6. The molecule has 23 heavy (non-hydrogen) atoms. The number of carbonyl (C=O) groups is 2. The van der Waals surface area contributed by atoms with Crippen molar-refractivity contribution >= 4 is 24.4 Å². The average molecular weight is 332 g/mol. The summed E-state index contributed by atoms with van der Waals surface area (Å²) in [6, 6.07) is 7.37. The third-order valence-corrected chi connectivity index (χ3v) is 5.36. The molecular weight excluding hydrogens is 308 g/mol. The zero-order chi connectivity index (χ0) is 16.2. The highest BCUT2D eigenvalue weighted by Crippen LogP contribution is 2.26. The molecule has 2 fully saturated rings. The first-order chi connectivity index (χ1) is 11.2. The van der Waals surface area contributed by atoms with Crippen LogP contribution in [0.5, 0.6) is 0 Å². The molecule has 0 bridgehead atoms. The van der Waals surface area contributed by atoms with Gasteiger partial charge in [0.25, 0.3) is 5.91 Å². The fraction of sp³-hybridized carbons (Fsp3) is 0.556. The van der Waals surface area contributed by atoms with E-state index in [-0.39, 0.29) is 11.8 Å². The van der Waals surface area contributed by atoms with Crippen LogP contribution in [-0.4, -0.2) is 47.8 Å². The maximum Gasteiger partial charge on any atom is 0.255 e. The highest BCUT2D eigenvalue weighted by atomic mass is 32.1. The van der Waals surface area contributed by atoms with E-state index in [0.717, 1.165) is 12.8 Å². The number of benzene rings is 1. The predicted octanol–water partition coefficient (Wildman–Crippen LogP) is 2.84. The van der Waals surface area contributed by atoms with Crippen LogP contribution in [-0.2, 0) is 4.79 Å². The number of piperazine rings is 1. The van der Waals surface area contributed by atoms with Crippen LogP contribution in [0.2, 0.25) is 0 Å². The molecule has 1 aromatic carbocycles. The predicted molar refractivity (Wildman–Crippen MR) is 92.8 cm³/mol. The van der Waals surface area contributed by atoms with E-state index < -0.39 is 0 Å². The van der Waals surface area contributed by atoms with Gasteiger partial charge in [0.15, 0.2) is 0 Å². The Bertz CT molecular complexity index is 576. The molecule has 1 aliphatic carbocycles. The highest BCUT2D eigenvalue weighted by Gasteiger charge is 2.30. The summed E-state index contributed by atoms with van der Waals surface area (Å²) in [5, 5.41) is 0. The third-order valence-electron chi connectivity index (χ3n) is 4.97. The van der Waals surface area contributed by atoms with Gasteiger partial charge in [-0.15, -0.1) is 12.6 Å². The fourth-order valence-electron chi connectivity index (χ4n) is 3.56. The molecule has 1 aliphatic heterocycles. The number of hydrogen-bond acceptors (Lipinski definition) is 3. The molecule has 2 amide bonds. The summed E-state index contributed by atoms with van der Waals surface area (Å²) in [7, 11) is 0. The van der Waals surface area contributed by atoms with Gasteiger partial charge in [-0.3, -0.25) is 9.59 Å². The second-order valence-corrected chi connectivity index (χ2v) is 6.95. The molecule has 0 atom stereocenters. The van der Waals surface area contributed by atoms with Gasteiger partial charge in [0.05, 0.1) is 5.56 Å². The van der Waals surface area contributed by atoms with Crippen LogP contribution in [0, 0.1) is 5.92 Å². The van der Waals surface area contributed by atoms with Gasteiger partial charge in [-0.2, -0.15) is 0 Å². The normalized spacial score (nSPS) is 19.7. The molecule has 4 nitrogen and oxygen atoms in total. The first kappa shape index (κ1) is 16.4. The summed E-state index contributed by atoms with van der Waals surface area (Å²) >= 11 is 4.36. The van der Waals surface area contributed by atoms with Gasteiger partial charge < -0.3 is 9.80 Å². The summed E-state index contributed by atoms with van der Waals surface area (Å²) in [5.41, 5.74) is 0.642. The number of rotatable bonds is 2. The SMILES string of the molecule is O=C(c1ccccc1S)N1CCN(C(=O)C2CCCCC2)CC1. The van der Waals surface area contributed by atoms with E-state index in [4.69, 9.17) is 0 Å². The van der Waals surface area contributed by atoms with Gasteiger partial charge >= 0.3 is 0 Å². The van der Waals surface area contributed by atoms with Crippen molar-refractivity contribution in [2.24, 2.45) is 5.92 Å². The van der Waals surface area contributed by atoms with Gasteiger partial charge in [0.1, 0.15) is 0 Å². The minimum atomic E-state index is 0.0142. The van der Waals surface area contributed by atoms with Crippen molar-refractivity contribution in [1.29, 1.82) is 0 Å². The lowest BCUT2D eigenvalue weighted by atomic mass is 9.88. The van der Waals surface area contributed by atoms with Crippen LogP contribution in [0.3, 0.4) is 0 Å². The summed E-state index contributed by atoms with van der Waals surface area (Å²) in [5.74, 6) is 0.524. The Labute approximate surface area is 143 Å². The summed E-state index contributed by atoms with van der Waals surface area (Å²) in [6.07, 6.45) is 5.67. The summed E-state index contributed by atoms with van der Waals surface area (Å²) in [4.78, 5) is 29.6. The monoisotopic (exact) mass is 332 g/mol. The van der Waals surface area contributed by atoms with Crippen molar-refractivity contribution in [2.45, 2.75) is 37.0 Å². The minimum Gasteiger partial charge on any atom is -0.339 e. The van der Waals surface area contributed by atoms with Gasteiger partial charge in [0, 0.05) is 37.0 Å². The molecule has 1 saturated heterocycles. The van der Waals surface area contributed by atoms with Crippen molar-refractivity contribution in [2.75, 3.05) is 26.2 Å². The minimum absolute atomic E-state index is 0.0142. The molecule has 0 spiro atoms. The van der Waals surface area contributed by atoms with Gasteiger partial charge in [0.2, 0.25) is 5.91 Å². The van der Waals surface area contributed by atoms with Gasteiger partial charge in [-0.1, -0.05) is 31.4 Å². The molecule has 0 aromatic heterocycles. The number of carbonyl (C=O) groups excluding carboxylic acids is 2. The van der Waals surface area contributed by atoms with Crippen LogP contribution in [0.4, 0.5) is 0 Å². The fourth-order valence-corrected chi connectivity index (χ4v) is 3.82. The lowest BCUT2D eigenvalue weighted by molar-refractivity contribution is -0.138. The molecule has 1 saturated carbocycles. The Morgan fingerprint density at radius 1 is 0.913 bits per heavy atom. The Kier molecular flexibility index (Phi) is 5.26. The van der Waals surface area contributed by atoms with Gasteiger partial charge in [-0.05, 0) is 25.0 Å². The molecule has 5 heteroatoms. The lowest BCUT2D eigenvalue weighted by Crippen LogP contribution is -2.52. The molecule has 0 N–H and O–H groups in total. The van der Waals surface area contributed by atoms with Crippen molar-refractivity contribution in [1.82, 2.24) is 9.80 Å². The second-order valence-electron chi connectivity index (χ2n) is 6.47. The van der Waals surface area contributed by atoms with Crippen molar-refractivity contribution < 1.29 is 9.59 Å². The van der Waals surface area contributed by atoms with E-state index in [9.17, 15) is 9.59 Å². The van der Waals surface area contributed by atoms with E-state index in [1.165, 1.54) is 19.3 Å². The Hall–Kier alpha value is -1.49. The van der Waals surface area contributed by atoms with Crippen molar-refractivity contribution in [3.63, 3.8) is 0 Å². The average Bonchev–Trinajstić information content (AvgIpc) is 2.62. The molecule has 124 valence electrons. The molecule has 2 aliphatic rings. The van der Waals surface area contributed by atoms with E-state index in [2.05, 4.69) is 12.6 Å². The smallest absolute Gasteiger partial charge is 0.255 e. The maximum atomic E-state index is 12.6. The molecular formula is C18H24N2O2S. The quantitative estimate of drug-likeness (QED) is 0.846. The summed E-state index contributed by atoms with van der Waals surface area (Å²) in [6.45, 7) is 2.52. The second kappa shape index (κ2) is 7.39. The first-order valence-corrected chi connectivity index (χ1v) is 8.97. The number of nitrogens with zero attached hydrogens (tertiary/aromatic N) is 2. The number of thiol groups is 1. The van der Waals surface area contributed by atoms with Crippen LogP contribution < -0.4 is 0 Å². The van der Waals surface area contributed by atoms with Gasteiger partial charge in [-0.25, -0.2) is 0 Å². The van der Waals surface area contributed by atoms with E-state index in [1.54, 1.807) is 0 Å². The zero-order valence-electron chi connectivity index (χ0n) is 13.4. The van der Waals surface area contributed by atoms with Crippen LogP contribution in [0.25, 0.3) is 0 Å². The number of hydrogen-bond donors (Lipinski definition) is 1. The molecule has 0 radical (unpaired) electrons. The molecule has 1 heterocycles. The van der Waals surface area contributed by atoms with Crippen LogP contribution in [0.1, 0.15) is 42.5 Å². The first-order valence-electron chi connectivity index (χ1n) is 8.53. The zero-order valence-corrected chi connectivity index (χ0v) is 14.3. The lowest BCUT2D eigenvalue weighted by Gasteiger charge is -2.37. The molecule has 3 rings (SSSR count).